The molecule has 3 rings (SSSR count). The number of aliphatic hydroxyl groups is 2. The summed E-state index contributed by atoms with van der Waals surface area (Å²) in [6.07, 6.45) is -1.12. The minimum atomic E-state index is -0.975. The molecule has 6 heteroatoms. The van der Waals surface area contributed by atoms with Crippen LogP contribution in [0.4, 0.5) is 5.69 Å². The molecule has 1 aliphatic heterocycles. The summed E-state index contributed by atoms with van der Waals surface area (Å²) in [4.78, 5) is 13.3. The lowest BCUT2D eigenvalue weighted by molar-refractivity contribution is 0.0342. The van der Waals surface area contributed by atoms with Crippen LogP contribution in [0.1, 0.15) is 42.1 Å². The van der Waals surface area contributed by atoms with Gasteiger partial charge in [0.1, 0.15) is 6.10 Å². The van der Waals surface area contributed by atoms with Gasteiger partial charge in [-0.15, -0.1) is 0 Å². The van der Waals surface area contributed by atoms with Gasteiger partial charge in [0.2, 0.25) is 0 Å². The van der Waals surface area contributed by atoms with E-state index in [0.29, 0.717) is 6.42 Å². The van der Waals surface area contributed by atoms with Gasteiger partial charge in [0, 0.05) is 16.4 Å². The van der Waals surface area contributed by atoms with Gasteiger partial charge in [-0.1, -0.05) is 0 Å². The Morgan fingerprint density at radius 3 is 2.62 bits per heavy atom. The lowest BCUT2D eigenvalue weighted by Crippen LogP contribution is -2.46. The Morgan fingerprint density at radius 2 is 2.05 bits per heavy atom. The molecule has 1 fully saturated rings. The van der Waals surface area contributed by atoms with Crippen molar-refractivity contribution in [3.8, 4) is 0 Å². The summed E-state index contributed by atoms with van der Waals surface area (Å²) >= 11 is 3.47. The number of fused-ring (bicyclic) bond motifs is 3. The Kier molecular flexibility index (Phi) is 3.50. The van der Waals surface area contributed by atoms with E-state index in [0.717, 1.165) is 15.7 Å². The van der Waals surface area contributed by atoms with Gasteiger partial charge in [-0.3, -0.25) is 0 Å². The predicted octanol–water partition coefficient (Wildman–Crippen LogP) is 1.95. The van der Waals surface area contributed by atoms with E-state index in [2.05, 4.69) is 20.8 Å². The van der Waals surface area contributed by atoms with Gasteiger partial charge in [-0.25, -0.2) is 4.79 Å². The zero-order valence-electron chi connectivity index (χ0n) is 11.8. The van der Waals surface area contributed by atoms with E-state index in [1.807, 2.05) is 13.8 Å². The second-order valence-corrected chi connectivity index (χ2v) is 6.95. The quantitative estimate of drug-likeness (QED) is 0.755. The number of carboxylic acid groups (broad SMARTS) is 1. The number of nitrogens with zero attached hydrogens (tertiary/aromatic N) is 1. The predicted molar refractivity (Wildman–Crippen MR) is 81.9 cm³/mol. The third-order valence-corrected chi connectivity index (χ3v) is 5.13. The molecule has 0 bridgehead atoms. The molecule has 0 saturated heterocycles. The van der Waals surface area contributed by atoms with Gasteiger partial charge in [0.15, 0.2) is 0 Å². The Labute approximate surface area is 131 Å². The van der Waals surface area contributed by atoms with Gasteiger partial charge < -0.3 is 20.2 Å². The molecule has 2 aliphatic rings. The first-order chi connectivity index (χ1) is 9.82. The van der Waals surface area contributed by atoms with E-state index < -0.39 is 18.2 Å². The minimum Gasteiger partial charge on any atom is -0.478 e. The van der Waals surface area contributed by atoms with Crippen molar-refractivity contribution in [1.29, 1.82) is 0 Å². The number of rotatable bonds is 2. The van der Waals surface area contributed by atoms with Crippen molar-refractivity contribution in [3.05, 3.63) is 27.7 Å². The third-order valence-electron chi connectivity index (χ3n) is 4.53. The molecule has 1 aromatic rings. The molecule has 1 aliphatic carbocycles. The van der Waals surface area contributed by atoms with E-state index in [9.17, 15) is 20.1 Å². The normalized spacial score (nSPS) is 30.7. The van der Waals surface area contributed by atoms with Crippen molar-refractivity contribution in [1.82, 2.24) is 0 Å². The molecule has 4 atom stereocenters. The third kappa shape index (κ3) is 2.08. The second-order valence-electron chi connectivity index (χ2n) is 6.09. The molecule has 5 nitrogen and oxygen atoms in total. The van der Waals surface area contributed by atoms with Gasteiger partial charge in [0.05, 0.1) is 23.4 Å². The molecule has 0 amide bonds. The van der Waals surface area contributed by atoms with Crippen molar-refractivity contribution >= 4 is 27.6 Å². The first-order valence-corrected chi connectivity index (χ1v) is 7.83. The number of benzene rings is 1. The SMILES string of the molecule is CC(C)N1c2c(Br)cc(C(=O)O)cc2C2CC(O)C(O)C21. The highest BCUT2D eigenvalue weighted by atomic mass is 79.9. The average Bonchev–Trinajstić information content (AvgIpc) is 2.86. The van der Waals surface area contributed by atoms with Crippen LogP contribution in [0.5, 0.6) is 0 Å². The van der Waals surface area contributed by atoms with Gasteiger partial charge in [0.25, 0.3) is 0 Å². The van der Waals surface area contributed by atoms with Gasteiger partial charge in [-0.05, 0) is 53.9 Å². The molecule has 4 unspecified atom stereocenters. The first kappa shape index (κ1) is 14.8. The fourth-order valence-corrected chi connectivity index (χ4v) is 4.40. The zero-order valence-corrected chi connectivity index (χ0v) is 13.4. The number of anilines is 1. The highest BCUT2D eigenvalue weighted by molar-refractivity contribution is 9.10. The number of carboxylic acids is 1. The summed E-state index contributed by atoms with van der Waals surface area (Å²) in [5.41, 5.74) is 2.06. The average molecular weight is 356 g/mol. The maximum atomic E-state index is 11.3. The van der Waals surface area contributed by atoms with Crippen LogP contribution in [-0.2, 0) is 0 Å². The number of hydrogen-bond donors (Lipinski definition) is 3. The number of aliphatic hydroxyl groups excluding tert-OH is 2. The van der Waals surface area contributed by atoms with Crippen molar-refractivity contribution in [2.24, 2.45) is 0 Å². The number of hydrogen-bond acceptors (Lipinski definition) is 4. The standard InChI is InChI=1S/C15H18BrNO4/c1-6(2)17-12-8(3-7(15(20)21)4-10(12)16)9-5-11(18)14(19)13(9)17/h3-4,6,9,11,13-14,18-19H,5H2,1-2H3,(H,20,21). The number of carbonyl (C=O) groups is 1. The highest BCUT2D eigenvalue weighted by Gasteiger charge is 2.52. The fraction of sp³-hybridized carbons (Fsp3) is 0.533. The first-order valence-electron chi connectivity index (χ1n) is 7.04. The summed E-state index contributed by atoms with van der Waals surface area (Å²) in [5, 5.41) is 29.5. The molecule has 114 valence electrons. The van der Waals surface area contributed by atoms with Crippen molar-refractivity contribution in [2.45, 2.75) is 50.5 Å². The molecule has 0 spiro atoms. The van der Waals surface area contributed by atoms with Crippen LogP contribution < -0.4 is 4.90 Å². The highest BCUT2D eigenvalue weighted by Crippen LogP contribution is 2.53. The lowest BCUT2D eigenvalue weighted by atomic mass is 9.95. The van der Waals surface area contributed by atoms with Gasteiger partial charge in [-0.2, -0.15) is 0 Å². The summed E-state index contributed by atoms with van der Waals surface area (Å²) in [7, 11) is 0. The van der Waals surface area contributed by atoms with E-state index >= 15 is 0 Å². The van der Waals surface area contributed by atoms with E-state index in [4.69, 9.17) is 0 Å². The number of halogens is 1. The molecule has 3 N–H and O–H groups in total. The minimum absolute atomic E-state index is 0.0389. The molecular formula is C15H18BrNO4. The smallest absolute Gasteiger partial charge is 0.335 e. The van der Waals surface area contributed by atoms with Crippen molar-refractivity contribution < 1.29 is 20.1 Å². The van der Waals surface area contributed by atoms with E-state index in [1.54, 1.807) is 12.1 Å². The molecule has 1 aromatic carbocycles. The Hall–Kier alpha value is -1.11. The summed E-state index contributed by atoms with van der Waals surface area (Å²) in [6.45, 7) is 4.06. The van der Waals surface area contributed by atoms with Gasteiger partial charge >= 0.3 is 5.97 Å². The molecule has 1 saturated carbocycles. The second kappa shape index (κ2) is 4.97. The monoisotopic (exact) mass is 355 g/mol. The molecule has 0 aromatic heterocycles. The Balaban J connectivity index is 2.18. The topological polar surface area (TPSA) is 81.0 Å². The van der Waals surface area contributed by atoms with Crippen LogP contribution in [-0.4, -0.2) is 45.6 Å². The zero-order chi connectivity index (χ0) is 15.5. The van der Waals surface area contributed by atoms with Crippen LogP contribution in [0.15, 0.2) is 16.6 Å². The molecule has 1 heterocycles. The van der Waals surface area contributed by atoms with Crippen LogP contribution in [0.2, 0.25) is 0 Å². The fourth-order valence-electron chi connectivity index (χ4n) is 3.72. The molecular weight excluding hydrogens is 338 g/mol. The van der Waals surface area contributed by atoms with Crippen LogP contribution in [0, 0.1) is 0 Å². The van der Waals surface area contributed by atoms with Crippen LogP contribution in [0.3, 0.4) is 0 Å². The van der Waals surface area contributed by atoms with E-state index in [1.165, 1.54) is 0 Å². The summed E-state index contributed by atoms with van der Waals surface area (Å²) in [6, 6.07) is 3.22. The Morgan fingerprint density at radius 1 is 1.38 bits per heavy atom. The van der Waals surface area contributed by atoms with Crippen LogP contribution >= 0.6 is 15.9 Å². The summed E-state index contributed by atoms with van der Waals surface area (Å²) < 4.78 is 0.724. The molecule has 0 radical (unpaired) electrons. The largest absolute Gasteiger partial charge is 0.478 e. The van der Waals surface area contributed by atoms with Crippen molar-refractivity contribution in [3.63, 3.8) is 0 Å². The molecule has 21 heavy (non-hydrogen) atoms. The maximum Gasteiger partial charge on any atom is 0.335 e. The summed E-state index contributed by atoms with van der Waals surface area (Å²) in [5.74, 6) is -1.01. The van der Waals surface area contributed by atoms with Crippen LogP contribution in [0.25, 0.3) is 0 Å². The van der Waals surface area contributed by atoms with E-state index in [-0.39, 0.29) is 23.6 Å². The number of aromatic carboxylic acids is 1. The Bertz CT molecular complexity index is 604. The van der Waals surface area contributed by atoms with Crippen molar-refractivity contribution in [2.75, 3.05) is 4.90 Å². The lowest BCUT2D eigenvalue weighted by Gasteiger charge is -2.34. The maximum absolute atomic E-state index is 11.3.